The van der Waals surface area contributed by atoms with E-state index >= 15 is 0 Å². The molecule has 88 valence electrons. The van der Waals surface area contributed by atoms with Gasteiger partial charge in [-0.15, -0.1) is 0 Å². The van der Waals surface area contributed by atoms with E-state index in [4.69, 9.17) is 11.6 Å². The molecule has 1 aromatic rings. The molecule has 1 nitrogen and oxygen atoms in total. The zero-order valence-corrected chi connectivity index (χ0v) is 11.2. The van der Waals surface area contributed by atoms with Crippen LogP contribution in [0.1, 0.15) is 30.9 Å². The summed E-state index contributed by atoms with van der Waals surface area (Å²) in [5.41, 5.74) is 1.31. The van der Waals surface area contributed by atoms with Gasteiger partial charge in [0.15, 0.2) is 0 Å². The van der Waals surface area contributed by atoms with Gasteiger partial charge >= 0.3 is 0 Å². The molecular formula is C13H17ClOS. The Morgan fingerprint density at radius 2 is 2.25 bits per heavy atom. The van der Waals surface area contributed by atoms with Crippen LogP contribution in [-0.4, -0.2) is 16.1 Å². The van der Waals surface area contributed by atoms with Crippen molar-refractivity contribution in [2.24, 2.45) is 0 Å². The predicted molar refractivity (Wildman–Crippen MR) is 71.2 cm³/mol. The molecule has 1 aliphatic heterocycles. The zero-order chi connectivity index (χ0) is 11.8. The van der Waals surface area contributed by atoms with E-state index in [0.717, 1.165) is 34.7 Å². The fourth-order valence-corrected chi connectivity index (χ4v) is 3.56. The smallest absolute Gasteiger partial charge is 0.101 e. The summed E-state index contributed by atoms with van der Waals surface area (Å²) < 4.78 is 0. The van der Waals surface area contributed by atoms with Crippen molar-refractivity contribution >= 4 is 23.4 Å². The van der Waals surface area contributed by atoms with Crippen LogP contribution in [0, 0.1) is 6.92 Å². The Morgan fingerprint density at radius 1 is 1.50 bits per heavy atom. The van der Waals surface area contributed by atoms with Crippen molar-refractivity contribution in [3.63, 3.8) is 0 Å². The van der Waals surface area contributed by atoms with Gasteiger partial charge in [0.2, 0.25) is 0 Å². The SMILES string of the molecule is Cc1ccc(C2(O)CCCSC2C)cc1Cl. The molecule has 0 saturated carbocycles. The van der Waals surface area contributed by atoms with Crippen LogP contribution >= 0.6 is 23.4 Å². The van der Waals surface area contributed by atoms with Crippen molar-refractivity contribution < 1.29 is 5.11 Å². The summed E-state index contributed by atoms with van der Waals surface area (Å²) in [5, 5.41) is 11.7. The molecule has 0 aliphatic carbocycles. The molecule has 0 aromatic heterocycles. The van der Waals surface area contributed by atoms with Gasteiger partial charge in [-0.2, -0.15) is 11.8 Å². The largest absolute Gasteiger partial charge is 0.384 e. The van der Waals surface area contributed by atoms with Crippen LogP contribution in [0.15, 0.2) is 18.2 Å². The number of halogens is 1. The molecule has 1 saturated heterocycles. The molecule has 0 radical (unpaired) electrons. The number of thioether (sulfide) groups is 1. The minimum Gasteiger partial charge on any atom is -0.384 e. The highest BCUT2D eigenvalue weighted by Gasteiger charge is 2.38. The third-order valence-corrected chi connectivity index (χ3v) is 5.24. The fourth-order valence-electron chi connectivity index (χ4n) is 2.18. The molecule has 16 heavy (non-hydrogen) atoms. The second-order valence-electron chi connectivity index (χ2n) is 4.50. The van der Waals surface area contributed by atoms with Crippen molar-refractivity contribution in [3.8, 4) is 0 Å². The predicted octanol–water partition coefficient (Wildman–Crippen LogP) is 3.75. The molecule has 1 aliphatic rings. The highest BCUT2D eigenvalue weighted by Crippen LogP contribution is 2.42. The first kappa shape index (κ1) is 12.3. The lowest BCUT2D eigenvalue weighted by Crippen LogP contribution is -2.38. The third-order valence-electron chi connectivity index (χ3n) is 3.41. The van der Waals surface area contributed by atoms with Gasteiger partial charge in [0.25, 0.3) is 0 Å². The second-order valence-corrected chi connectivity index (χ2v) is 6.36. The maximum Gasteiger partial charge on any atom is 0.101 e. The van der Waals surface area contributed by atoms with E-state index in [0.29, 0.717) is 0 Å². The molecule has 2 unspecified atom stereocenters. The van der Waals surface area contributed by atoms with Crippen LogP contribution in [0.4, 0.5) is 0 Å². The van der Waals surface area contributed by atoms with Crippen molar-refractivity contribution in [2.75, 3.05) is 5.75 Å². The monoisotopic (exact) mass is 256 g/mol. The molecule has 2 atom stereocenters. The molecule has 1 fully saturated rings. The molecule has 2 rings (SSSR count). The molecule has 0 spiro atoms. The van der Waals surface area contributed by atoms with Crippen molar-refractivity contribution in [3.05, 3.63) is 34.3 Å². The maximum atomic E-state index is 10.7. The molecular weight excluding hydrogens is 240 g/mol. The van der Waals surface area contributed by atoms with Crippen LogP contribution < -0.4 is 0 Å². The topological polar surface area (TPSA) is 20.2 Å². The van der Waals surface area contributed by atoms with Gasteiger partial charge in [-0.1, -0.05) is 30.7 Å². The minimum atomic E-state index is -0.708. The average molecular weight is 257 g/mol. The van der Waals surface area contributed by atoms with E-state index in [1.54, 1.807) is 0 Å². The lowest BCUT2D eigenvalue weighted by atomic mass is 9.86. The Kier molecular flexibility index (Phi) is 3.53. The van der Waals surface area contributed by atoms with Gasteiger partial charge in [-0.3, -0.25) is 0 Å². The first-order valence-corrected chi connectivity index (χ1v) is 7.07. The lowest BCUT2D eigenvalue weighted by Gasteiger charge is -2.38. The van der Waals surface area contributed by atoms with E-state index in [2.05, 4.69) is 6.92 Å². The number of benzene rings is 1. The van der Waals surface area contributed by atoms with E-state index in [1.165, 1.54) is 0 Å². The van der Waals surface area contributed by atoms with Gasteiger partial charge in [-0.25, -0.2) is 0 Å². The van der Waals surface area contributed by atoms with Gasteiger partial charge in [-0.05, 0) is 42.7 Å². The van der Waals surface area contributed by atoms with E-state index in [-0.39, 0.29) is 5.25 Å². The standard InChI is InChI=1S/C13H17ClOS/c1-9-4-5-11(8-12(9)14)13(15)6-3-7-16-10(13)2/h4-5,8,10,15H,3,6-7H2,1-2H3. The van der Waals surface area contributed by atoms with Gasteiger partial charge in [0, 0.05) is 10.3 Å². The van der Waals surface area contributed by atoms with Gasteiger partial charge in [0.05, 0.1) is 0 Å². The molecule has 3 heteroatoms. The number of aliphatic hydroxyl groups is 1. The van der Waals surface area contributed by atoms with Crippen LogP contribution in [0.2, 0.25) is 5.02 Å². The Labute approximate surface area is 106 Å². The Bertz CT molecular complexity index is 394. The lowest BCUT2D eigenvalue weighted by molar-refractivity contribution is 0.0254. The van der Waals surface area contributed by atoms with E-state index in [1.807, 2.05) is 36.9 Å². The van der Waals surface area contributed by atoms with E-state index in [9.17, 15) is 5.11 Å². The highest BCUT2D eigenvalue weighted by molar-refractivity contribution is 8.00. The van der Waals surface area contributed by atoms with Crippen molar-refractivity contribution in [1.29, 1.82) is 0 Å². The summed E-state index contributed by atoms with van der Waals surface area (Å²) in [6.45, 7) is 4.08. The van der Waals surface area contributed by atoms with Gasteiger partial charge < -0.3 is 5.11 Å². The normalized spacial score (nSPS) is 30.4. The molecule has 1 N–H and O–H groups in total. The molecule has 0 amide bonds. The summed E-state index contributed by atoms with van der Waals surface area (Å²) >= 11 is 7.96. The summed E-state index contributed by atoms with van der Waals surface area (Å²) in [7, 11) is 0. The first-order valence-electron chi connectivity index (χ1n) is 5.64. The van der Waals surface area contributed by atoms with E-state index < -0.39 is 5.60 Å². The first-order chi connectivity index (χ1) is 7.54. The summed E-state index contributed by atoms with van der Waals surface area (Å²) in [4.78, 5) is 0. The molecule has 1 heterocycles. The zero-order valence-electron chi connectivity index (χ0n) is 9.66. The quantitative estimate of drug-likeness (QED) is 0.826. The minimum absolute atomic E-state index is 0.236. The van der Waals surface area contributed by atoms with Crippen LogP contribution in [-0.2, 0) is 5.60 Å². The average Bonchev–Trinajstić information content (AvgIpc) is 2.26. The maximum absolute atomic E-state index is 10.7. The third kappa shape index (κ3) is 2.11. The Balaban J connectivity index is 2.37. The second kappa shape index (κ2) is 4.59. The summed E-state index contributed by atoms with van der Waals surface area (Å²) in [6.07, 6.45) is 1.90. The Morgan fingerprint density at radius 3 is 2.88 bits per heavy atom. The van der Waals surface area contributed by atoms with Crippen molar-refractivity contribution in [1.82, 2.24) is 0 Å². The fraction of sp³-hybridized carbons (Fsp3) is 0.538. The number of aryl methyl sites for hydroxylation is 1. The highest BCUT2D eigenvalue weighted by atomic mass is 35.5. The van der Waals surface area contributed by atoms with Crippen LogP contribution in [0.5, 0.6) is 0 Å². The number of hydrogen-bond donors (Lipinski definition) is 1. The summed E-state index contributed by atoms with van der Waals surface area (Å²) in [5.74, 6) is 1.14. The Hall–Kier alpha value is -0.180. The molecule has 0 bridgehead atoms. The van der Waals surface area contributed by atoms with Gasteiger partial charge in [0.1, 0.15) is 5.60 Å². The van der Waals surface area contributed by atoms with Crippen LogP contribution in [0.25, 0.3) is 0 Å². The van der Waals surface area contributed by atoms with Crippen LogP contribution in [0.3, 0.4) is 0 Å². The molecule has 1 aromatic carbocycles. The van der Waals surface area contributed by atoms with Crippen molar-refractivity contribution in [2.45, 2.75) is 37.5 Å². The number of rotatable bonds is 1. The summed E-state index contributed by atoms with van der Waals surface area (Å²) in [6, 6.07) is 5.91. The number of hydrogen-bond acceptors (Lipinski definition) is 2.